The van der Waals surface area contributed by atoms with E-state index in [1.54, 1.807) is 14.1 Å². The monoisotopic (exact) mass is 529 g/mol. The summed E-state index contributed by atoms with van der Waals surface area (Å²) in [7, 11) is 3.45. The maximum Gasteiger partial charge on any atom is 0.251 e. The van der Waals surface area contributed by atoms with E-state index in [9.17, 15) is 4.79 Å². The van der Waals surface area contributed by atoms with E-state index < -0.39 is 0 Å². The molecule has 0 aromatic heterocycles. The summed E-state index contributed by atoms with van der Waals surface area (Å²) in [4.78, 5) is 18.9. The van der Waals surface area contributed by atoms with Crippen LogP contribution in [0.1, 0.15) is 48.0 Å². The van der Waals surface area contributed by atoms with Crippen molar-refractivity contribution < 1.29 is 9.53 Å². The Balaban J connectivity index is 0.00000320. The number of aliphatic imine (C=N–C) groups is 1. The number of halogens is 1. The number of nitrogens with one attached hydrogen (secondary N) is 3. The third-order valence-electron chi connectivity index (χ3n) is 6.15. The lowest BCUT2D eigenvalue weighted by atomic mass is 9.80. The predicted octanol–water partition coefficient (Wildman–Crippen LogP) is 2.36. The van der Waals surface area contributed by atoms with Gasteiger partial charge in [0.15, 0.2) is 5.96 Å². The van der Waals surface area contributed by atoms with Gasteiger partial charge >= 0.3 is 0 Å². The normalized spacial score (nSPS) is 19.5. The molecule has 168 valence electrons. The summed E-state index contributed by atoms with van der Waals surface area (Å²) < 4.78 is 5.58. The van der Waals surface area contributed by atoms with E-state index >= 15 is 0 Å². The molecule has 3 rings (SSSR count). The second kappa shape index (κ2) is 12.5. The molecule has 1 heterocycles. The zero-order valence-electron chi connectivity index (χ0n) is 18.2. The van der Waals surface area contributed by atoms with Gasteiger partial charge < -0.3 is 20.7 Å². The Morgan fingerprint density at radius 2 is 1.90 bits per heavy atom. The summed E-state index contributed by atoms with van der Waals surface area (Å²) in [6.45, 7) is 5.20. The zero-order chi connectivity index (χ0) is 20.5. The Kier molecular flexibility index (Phi) is 10.3. The minimum atomic E-state index is -0.0703. The molecule has 30 heavy (non-hydrogen) atoms. The van der Waals surface area contributed by atoms with Crippen LogP contribution in [0.25, 0.3) is 0 Å². The van der Waals surface area contributed by atoms with Gasteiger partial charge in [0.05, 0.1) is 13.2 Å². The van der Waals surface area contributed by atoms with Crippen molar-refractivity contribution in [3.8, 4) is 0 Å². The van der Waals surface area contributed by atoms with Gasteiger partial charge in [-0.25, -0.2) is 0 Å². The molecule has 1 saturated carbocycles. The highest BCUT2D eigenvalue weighted by Gasteiger charge is 2.38. The van der Waals surface area contributed by atoms with Crippen LogP contribution in [0.2, 0.25) is 0 Å². The first kappa shape index (κ1) is 24.9. The van der Waals surface area contributed by atoms with Gasteiger partial charge in [-0.2, -0.15) is 0 Å². The van der Waals surface area contributed by atoms with Crippen molar-refractivity contribution in [1.29, 1.82) is 0 Å². The van der Waals surface area contributed by atoms with Gasteiger partial charge in [-0.05, 0) is 30.5 Å². The summed E-state index contributed by atoms with van der Waals surface area (Å²) in [6.07, 6.45) is 6.37. The molecular formula is C22H36IN5O2. The zero-order valence-corrected chi connectivity index (χ0v) is 20.5. The van der Waals surface area contributed by atoms with Crippen LogP contribution in [0.15, 0.2) is 29.3 Å². The molecule has 1 saturated heterocycles. The van der Waals surface area contributed by atoms with Gasteiger partial charge in [-0.3, -0.25) is 14.7 Å². The second-order valence-electron chi connectivity index (χ2n) is 7.94. The van der Waals surface area contributed by atoms with E-state index in [4.69, 9.17) is 4.74 Å². The number of guanidine groups is 1. The number of rotatable bonds is 6. The number of benzene rings is 1. The fourth-order valence-corrected chi connectivity index (χ4v) is 4.47. The van der Waals surface area contributed by atoms with E-state index in [-0.39, 0.29) is 35.4 Å². The molecular weight excluding hydrogens is 493 g/mol. The molecule has 1 aliphatic heterocycles. The third kappa shape index (κ3) is 6.55. The Morgan fingerprint density at radius 1 is 1.17 bits per heavy atom. The van der Waals surface area contributed by atoms with Crippen LogP contribution < -0.4 is 16.0 Å². The number of ether oxygens (including phenoxy) is 1. The first-order valence-electron chi connectivity index (χ1n) is 10.8. The highest BCUT2D eigenvalue weighted by atomic mass is 127. The Morgan fingerprint density at radius 3 is 2.57 bits per heavy atom. The molecule has 0 atom stereocenters. The largest absolute Gasteiger partial charge is 0.379 e. The van der Waals surface area contributed by atoms with E-state index in [1.807, 2.05) is 24.3 Å². The average Bonchev–Trinajstić information content (AvgIpc) is 2.80. The Bertz CT molecular complexity index is 701. The van der Waals surface area contributed by atoms with E-state index in [1.165, 1.54) is 32.1 Å². The van der Waals surface area contributed by atoms with Gasteiger partial charge in [-0.1, -0.05) is 31.4 Å². The summed E-state index contributed by atoms with van der Waals surface area (Å²) in [5.74, 6) is 0.729. The SMILES string of the molecule is CN=C(NCc1cccc(C(=O)NC)c1)NCC1(N2CCOCC2)CCCCC1.I. The number of morpholine rings is 1. The van der Waals surface area contributed by atoms with Gasteiger partial charge in [0.2, 0.25) is 0 Å². The maximum atomic E-state index is 11.8. The highest BCUT2D eigenvalue weighted by molar-refractivity contribution is 14.0. The number of nitrogens with zero attached hydrogens (tertiary/aromatic N) is 2. The lowest BCUT2D eigenvalue weighted by Crippen LogP contribution is -2.60. The van der Waals surface area contributed by atoms with Gasteiger partial charge in [0, 0.05) is 51.4 Å². The van der Waals surface area contributed by atoms with Crippen LogP contribution in [-0.2, 0) is 11.3 Å². The molecule has 0 radical (unpaired) electrons. The molecule has 0 unspecified atom stereocenters. The summed E-state index contributed by atoms with van der Waals surface area (Å²) in [6, 6.07) is 7.66. The van der Waals surface area contributed by atoms with Crippen molar-refractivity contribution in [3.63, 3.8) is 0 Å². The second-order valence-corrected chi connectivity index (χ2v) is 7.94. The molecule has 1 amide bonds. The predicted molar refractivity (Wildman–Crippen MR) is 132 cm³/mol. The summed E-state index contributed by atoms with van der Waals surface area (Å²) in [5.41, 5.74) is 1.91. The van der Waals surface area contributed by atoms with Crippen molar-refractivity contribution in [2.24, 2.45) is 4.99 Å². The molecule has 1 aromatic carbocycles. The van der Waals surface area contributed by atoms with Crippen LogP contribution in [0.4, 0.5) is 0 Å². The highest BCUT2D eigenvalue weighted by Crippen LogP contribution is 2.33. The number of amides is 1. The molecule has 0 bridgehead atoms. The smallest absolute Gasteiger partial charge is 0.251 e. The van der Waals surface area contributed by atoms with Crippen LogP contribution in [0, 0.1) is 0 Å². The lowest BCUT2D eigenvalue weighted by molar-refractivity contribution is -0.0352. The van der Waals surface area contributed by atoms with Crippen LogP contribution >= 0.6 is 24.0 Å². The van der Waals surface area contributed by atoms with Crippen molar-refractivity contribution in [2.75, 3.05) is 46.9 Å². The molecule has 2 aliphatic rings. The minimum Gasteiger partial charge on any atom is -0.379 e. The van der Waals surface area contributed by atoms with E-state index in [2.05, 4.69) is 25.8 Å². The quantitative estimate of drug-likeness (QED) is 0.300. The van der Waals surface area contributed by atoms with Gasteiger partial charge in [0.1, 0.15) is 0 Å². The minimum absolute atomic E-state index is 0. The molecule has 3 N–H and O–H groups in total. The maximum absolute atomic E-state index is 11.8. The topological polar surface area (TPSA) is 78.0 Å². The summed E-state index contributed by atoms with van der Waals surface area (Å²) in [5, 5.41) is 9.63. The average molecular weight is 529 g/mol. The number of carbonyl (C=O) groups is 1. The number of carbonyl (C=O) groups excluding carboxylic acids is 1. The van der Waals surface area contributed by atoms with Crippen LogP contribution in [0.5, 0.6) is 0 Å². The van der Waals surface area contributed by atoms with Crippen LogP contribution in [0.3, 0.4) is 0 Å². The number of hydrogen-bond acceptors (Lipinski definition) is 4. The fraction of sp³-hybridized carbons (Fsp3) is 0.636. The fourth-order valence-electron chi connectivity index (χ4n) is 4.47. The third-order valence-corrected chi connectivity index (χ3v) is 6.15. The van der Waals surface area contributed by atoms with Gasteiger partial charge in [-0.15, -0.1) is 24.0 Å². The van der Waals surface area contributed by atoms with E-state index in [0.717, 1.165) is 44.4 Å². The first-order valence-corrected chi connectivity index (χ1v) is 10.8. The van der Waals surface area contributed by atoms with Crippen molar-refractivity contribution in [1.82, 2.24) is 20.9 Å². The van der Waals surface area contributed by atoms with Crippen LogP contribution in [-0.4, -0.2) is 69.2 Å². The Labute approximate surface area is 197 Å². The first-order chi connectivity index (χ1) is 14.2. The molecule has 1 aromatic rings. The van der Waals surface area contributed by atoms with Gasteiger partial charge in [0.25, 0.3) is 5.91 Å². The Hall–Kier alpha value is -1.39. The van der Waals surface area contributed by atoms with Crippen molar-refractivity contribution >= 4 is 35.8 Å². The van der Waals surface area contributed by atoms with E-state index in [0.29, 0.717) is 12.1 Å². The summed E-state index contributed by atoms with van der Waals surface area (Å²) >= 11 is 0. The van der Waals surface area contributed by atoms with Crippen molar-refractivity contribution in [2.45, 2.75) is 44.2 Å². The standard InChI is InChI=1S/C22H35N5O2.HI/c1-23-20(28)19-8-6-7-18(15-19)16-25-21(24-2)26-17-22(9-4-3-5-10-22)27-11-13-29-14-12-27;/h6-8,15H,3-5,9-14,16-17H2,1-2H3,(H,23,28)(H2,24,25,26);1H. The lowest BCUT2D eigenvalue weighted by Gasteiger charge is -2.48. The molecule has 7 nitrogen and oxygen atoms in total. The molecule has 1 aliphatic carbocycles. The number of hydrogen-bond donors (Lipinski definition) is 3. The molecule has 0 spiro atoms. The molecule has 2 fully saturated rings. The van der Waals surface area contributed by atoms with Crippen molar-refractivity contribution in [3.05, 3.63) is 35.4 Å². The molecule has 8 heteroatoms.